The molecule has 0 aliphatic rings. The number of pyridine rings is 1. The standard InChI is InChI=1S/C12H14ClNO2.C10H8ClNO.C6H6ClN.C6H10O3.B/c1-3-16-12(15)8-9(2)14-11-7-5-4-6-10(11)13;1-6-5-9(13)7-3-2-4-8(11)10(7)12-6;7-5-3-1-2-4-6(5)8;1-3-9-6(8)4-5(2)7;/h4-7H,3,8H2,1-2H3;2-5H,1H3,(H,12,13);1-4H,8H2;3-4H2,1-2H3;. The number of ether oxygens (including phenoxy) is 2. The molecule has 0 spiro atoms. The van der Waals surface area contributed by atoms with E-state index < -0.39 is 5.97 Å². The van der Waals surface area contributed by atoms with E-state index >= 15 is 0 Å². The van der Waals surface area contributed by atoms with Crippen LogP contribution < -0.4 is 11.2 Å². The molecule has 0 aliphatic heterocycles. The Morgan fingerprint density at radius 3 is 1.83 bits per heavy atom. The van der Waals surface area contributed by atoms with Gasteiger partial charge in [0, 0.05) is 31.3 Å². The third-order valence-electron chi connectivity index (χ3n) is 5.42. The summed E-state index contributed by atoms with van der Waals surface area (Å²) in [5.41, 5.74) is 8.93. The number of nitrogens with one attached hydrogen (secondary N) is 1. The van der Waals surface area contributed by atoms with Crippen molar-refractivity contribution in [3.05, 3.63) is 104 Å². The number of H-pyrrole nitrogens is 1. The van der Waals surface area contributed by atoms with Crippen LogP contribution in [0.1, 0.15) is 46.2 Å². The molecule has 13 heteroatoms. The van der Waals surface area contributed by atoms with Gasteiger partial charge in [0.1, 0.15) is 12.2 Å². The molecule has 9 nitrogen and oxygen atoms in total. The number of nitrogens with zero attached hydrogens (tertiary/aromatic N) is 1. The number of carbonyl (C=O) groups is 3. The van der Waals surface area contributed by atoms with Crippen LogP contribution in [0.25, 0.3) is 10.9 Å². The molecule has 0 saturated carbocycles. The van der Waals surface area contributed by atoms with Crippen LogP contribution in [0.2, 0.25) is 15.1 Å². The Balaban J connectivity index is 0.000000618. The maximum atomic E-state index is 11.5. The number of hydrogen-bond acceptors (Lipinski definition) is 8. The molecule has 0 fully saturated rings. The quantitative estimate of drug-likeness (QED) is 0.0655. The van der Waals surface area contributed by atoms with Crippen LogP contribution in [0.15, 0.2) is 82.6 Å². The van der Waals surface area contributed by atoms with Gasteiger partial charge in [0.05, 0.1) is 51.6 Å². The van der Waals surface area contributed by atoms with Crippen molar-refractivity contribution in [3.63, 3.8) is 0 Å². The number of aryl methyl sites for hydroxylation is 1. The summed E-state index contributed by atoms with van der Waals surface area (Å²) in [7, 11) is 0. The number of aromatic amines is 1. The molecule has 0 bridgehead atoms. The molecule has 0 amide bonds. The summed E-state index contributed by atoms with van der Waals surface area (Å²) in [5, 5.41) is 2.41. The number of ketones is 1. The lowest BCUT2D eigenvalue weighted by Gasteiger charge is -2.02. The molecule has 0 aliphatic carbocycles. The maximum Gasteiger partial charge on any atom is 0.313 e. The molecule has 0 unspecified atom stereocenters. The highest BCUT2D eigenvalue weighted by molar-refractivity contribution is 6.35. The number of aromatic nitrogens is 1. The van der Waals surface area contributed by atoms with Gasteiger partial charge in [-0.15, -0.1) is 0 Å². The molecular formula is C34H38BCl3N3O6. The lowest BCUT2D eigenvalue weighted by Crippen LogP contribution is -2.08. The van der Waals surface area contributed by atoms with Crippen LogP contribution in [0.4, 0.5) is 11.4 Å². The minimum atomic E-state index is -0.440. The number of para-hydroxylation sites is 3. The van der Waals surface area contributed by atoms with Crippen molar-refractivity contribution >= 4 is 88.9 Å². The van der Waals surface area contributed by atoms with E-state index in [2.05, 4.69) is 14.7 Å². The fraction of sp³-hybridized carbons (Fsp3) is 0.265. The highest BCUT2D eigenvalue weighted by atomic mass is 35.5. The van der Waals surface area contributed by atoms with Crippen LogP contribution in [0.5, 0.6) is 0 Å². The number of halogens is 3. The summed E-state index contributed by atoms with van der Waals surface area (Å²) in [6, 6.07) is 21.3. The molecule has 3 N–H and O–H groups in total. The minimum Gasteiger partial charge on any atom is -0.466 e. The Morgan fingerprint density at radius 2 is 1.32 bits per heavy atom. The zero-order valence-electron chi connectivity index (χ0n) is 26.9. The SMILES string of the molecule is CCOC(=O)CC(C)=Nc1ccccc1Cl.CCOC(=O)CC(C)=O.Cc1cc(=O)c2cccc(Cl)c2[nH]1.Nc1ccccc1Cl.[B]. The van der Waals surface area contributed by atoms with Crippen LogP contribution in [0, 0.1) is 6.92 Å². The molecule has 0 atom stereocenters. The summed E-state index contributed by atoms with van der Waals surface area (Å²) >= 11 is 17.5. The number of esters is 2. The number of fused-ring (bicyclic) bond motifs is 1. The molecule has 3 aromatic carbocycles. The van der Waals surface area contributed by atoms with Gasteiger partial charge < -0.3 is 20.2 Å². The van der Waals surface area contributed by atoms with Crippen molar-refractivity contribution in [2.45, 2.75) is 47.5 Å². The number of benzene rings is 3. The van der Waals surface area contributed by atoms with E-state index in [9.17, 15) is 19.2 Å². The predicted molar refractivity (Wildman–Crippen MR) is 193 cm³/mol. The maximum absolute atomic E-state index is 11.5. The van der Waals surface area contributed by atoms with Crippen molar-refractivity contribution in [3.8, 4) is 0 Å². The first-order valence-corrected chi connectivity index (χ1v) is 15.3. The Labute approximate surface area is 292 Å². The van der Waals surface area contributed by atoms with Gasteiger partial charge in [-0.3, -0.25) is 24.2 Å². The van der Waals surface area contributed by atoms with E-state index in [0.717, 1.165) is 5.69 Å². The second kappa shape index (κ2) is 23.2. The summed E-state index contributed by atoms with van der Waals surface area (Å²) < 4.78 is 9.32. The Kier molecular flexibility index (Phi) is 21.2. The van der Waals surface area contributed by atoms with Crippen molar-refractivity contribution in [2.24, 2.45) is 4.99 Å². The van der Waals surface area contributed by atoms with E-state index in [1.165, 1.54) is 6.92 Å². The Hall–Kier alpha value is -4.12. The number of anilines is 1. The number of hydrogen-bond donors (Lipinski definition) is 2. The van der Waals surface area contributed by atoms with Crippen LogP contribution in [0.3, 0.4) is 0 Å². The summed E-state index contributed by atoms with van der Waals surface area (Å²) in [6.07, 6.45) is 0.0902. The Morgan fingerprint density at radius 1 is 0.787 bits per heavy atom. The molecule has 249 valence electrons. The van der Waals surface area contributed by atoms with Gasteiger partial charge in [-0.25, -0.2) is 0 Å². The third-order valence-corrected chi connectivity index (χ3v) is 6.40. The lowest BCUT2D eigenvalue weighted by atomic mass is 10.2. The predicted octanol–water partition coefficient (Wildman–Crippen LogP) is 7.95. The second-order valence-electron chi connectivity index (χ2n) is 9.46. The van der Waals surface area contributed by atoms with Crippen molar-refractivity contribution in [1.29, 1.82) is 0 Å². The number of rotatable bonds is 7. The first-order chi connectivity index (χ1) is 21.8. The van der Waals surface area contributed by atoms with Gasteiger partial charge in [-0.1, -0.05) is 65.1 Å². The van der Waals surface area contributed by atoms with Gasteiger partial charge >= 0.3 is 11.9 Å². The molecular weight excluding hydrogens is 664 g/mol. The number of aliphatic imine (C=N–C) groups is 1. The number of nitrogen functional groups attached to an aromatic ring is 1. The fourth-order valence-corrected chi connectivity index (χ4v) is 4.00. The molecule has 3 radical (unpaired) electrons. The fourth-order valence-electron chi connectivity index (χ4n) is 3.46. The van der Waals surface area contributed by atoms with Crippen molar-refractivity contribution in [2.75, 3.05) is 18.9 Å². The molecule has 1 heterocycles. The Bertz CT molecular complexity index is 1670. The van der Waals surface area contributed by atoms with E-state index in [1.54, 1.807) is 69.3 Å². The summed E-state index contributed by atoms with van der Waals surface area (Å²) in [6.45, 7) is 9.18. The summed E-state index contributed by atoms with van der Waals surface area (Å²) in [5.74, 6) is -0.866. The zero-order chi connectivity index (χ0) is 34.6. The minimum absolute atomic E-state index is 0. The molecule has 1 aromatic heterocycles. The van der Waals surface area contributed by atoms with Gasteiger partial charge in [0.15, 0.2) is 5.43 Å². The van der Waals surface area contributed by atoms with E-state index in [1.807, 2.05) is 31.2 Å². The molecule has 0 saturated heterocycles. The molecule has 4 rings (SSSR count). The highest BCUT2D eigenvalue weighted by Gasteiger charge is 2.06. The zero-order valence-corrected chi connectivity index (χ0v) is 29.2. The van der Waals surface area contributed by atoms with E-state index in [-0.39, 0.29) is 38.4 Å². The third kappa shape index (κ3) is 17.4. The van der Waals surface area contributed by atoms with Crippen LogP contribution >= 0.6 is 34.8 Å². The first-order valence-electron chi connectivity index (χ1n) is 14.2. The van der Waals surface area contributed by atoms with Gasteiger partial charge in [0.25, 0.3) is 0 Å². The van der Waals surface area contributed by atoms with Gasteiger partial charge in [0.2, 0.25) is 0 Å². The number of nitrogens with two attached hydrogens (primary N) is 1. The van der Waals surface area contributed by atoms with E-state index in [0.29, 0.717) is 56.3 Å². The smallest absolute Gasteiger partial charge is 0.313 e. The van der Waals surface area contributed by atoms with Crippen molar-refractivity contribution < 1.29 is 23.9 Å². The topological polar surface area (TPSA) is 141 Å². The van der Waals surface area contributed by atoms with Crippen LogP contribution in [-0.2, 0) is 23.9 Å². The highest BCUT2D eigenvalue weighted by Crippen LogP contribution is 2.24. The van der Waals surface area contributed by atoms with E-state index in [4.69, 9.17) is 45.3 Å². The lowest BCUT2D eigenvalue weighted by molar-refractivity contribution is -0.145. The number of Topliss-reactive ketones (excluding diaryl/α,β-unsaturated/α-hetero) is 1. The first kappa shape index (κ1) is 42.9. The average molecular weight is 702 g/mol. The molecule has 4 aromatic rings. The average Bonchev–Trinajstić information content (AvgIpc) is 2.97. The van der Waals surface area contributed by atoms with Crippen LogP contribution in [-0.4, -0.2) is 50.0 Å². The number of carbonyl (C=O) groups excluding carboxylic acids is 3. The normalized spacial score (nSPS) is 10.0. The second-order valence-corrected chi connectivity index (χ2v) is 10.7. The van der Waals surface area contributed by atoms with Gasteiger partial charge in [-0.2, -0.15) is 0 Å². The monoisotopic (exact) mass is 700 g/mol. The molecule has 47 heavy (non-hydrogen) atoms. The van der Waals surface area contributed by atoms with Crippen molar-refractivity contribution in [1.82, 2.24) is 4.98 Å². The summed E-state index contributed by atoms with van der Waals surface area (Å²) in [4.78, 5) is 50.6. The largest absolute Gasteiger partial charge is 0.466 e. The van der Waals surface area contributed by atoms with Gasteiger partial charge in [-0.05, 0) is 71.0 Å².